The largest absolute Gasteiger partial charge is 0.478 e. The predicted octanol–water partition coefficient (Wildman–Crippen LogP) is 1.90. The third kappa shape index (κ3) is 2.48. The molecule has 2 rings (SSSR count). The number of aliphatic hydroxyl groups excluding tert-OH is 1. The van der Waals surface area contributed by atoms with Crippen LogP contribution in [0.2, 0.25) is 0 Å². The molecule has 1 saturated heterocycles. The van der Waals surface area contributed by atoms with Gasteiger partial charge in [0.05, 0.1) is 11.7 Å². The van der Waals surface area contributed by atoms with Crippen molar-refractivity contribution in [2.45, 2.75) is 26.4 Å². The molecule has 2 unspecified atom stereocenters. The van der Waals surface area contributed by atoms with Gasteiger partial charge in [0.25, 0.3) is 0 Å². The zero-order valence-electron chi connectivity index (χ0n) is 10.8. The first kappa shape index (κ1) is 12.9. The summed E-state index contributed by atoms with van der Waals surface area (Å²) in [7, 11) is 0. The van der Waals surface area contributed by atoms with E-state index in [0.29, 0.717) is 11.5 Å². The number of hydrogen-bond donors (Lipinski definition) is 2. The van der Waals surface area contributed by atoms with Crippen LogP contribution >= 0.6 is 0 Å². The van der Waals surface area contributed by atoms with Crippen molar-refractivity contribution in [1.82, 2.24) is 0 Å². The third-order valence-electron chi connectivity index (χ3n) is 3.69. The molecule has 2 N–H and O–H groups in total. The molecule has 18 heavy (non-hydrogen) atoms. The Kier molecular flexibility index (Phi) is 3.57. The van der Waals surface area contributed by atoms with Gasteiger partial charge in [-0.25, -0.2) is 4.79 Å². The van der Waals surface area contributed by atoms with Crippen molar-refractivity contribution < 1.29 is 15.0 Å². The number of nitrogens with zero attached hydrogens (tertiary/aromatic N) is 1. The van der Waals surface area contributed by atoms with Gasteiger partial charge < -0.3 is 15.1 Å². The molecule has 0 aromatic heterocycles. The zero-order chi connectivity index (χ0) is 13.3. The summed E-state index contributed by atoms with van der Waals surface area (Å²) in [5.41, 5.74) is 2.37. The van der Waals surface area contributed by atoms with E-state index in [1.807, 2.05) is 19.9 Å². The van der Waals surface area contributed by atoms with Crippen molar-refractivity contribution in [3.63, 3.8) is 0 Å². The summed E-state index contributed by atoms with van der Waals surface area (Å²) in [5, 5.41) is 18.5. The van der Waals surface area contributed by atoms with Crippen LogP contribution in [0.1, 0.15) is 29.3 Å². The average Bonchev–Trinajstić information content (AvgIpc) is 2.78. The molecule has 4 heteroatoms. The Balaban J connectivity index is 2.18. The first-order valence-electron chi connectivity index (χ1n) is 6.26. The number of aromatic carboxylic acids is 1. The highest BCUT2D eigenvalue weighted by Crippen LogP contribution is 2.28. The van der Waals surface area contributed by atoms with Crippen molar-refractivity contribution >= 4 is 11.7 Å². The summed E-state index contributed by atoms with van der Waals surface area (Å²) in [5.74, 6) is -0.587. The topological polar surface area (TPSA) is 60.8 Å². The van der Waals surface area contributed by atoms with Crippen LogP contribution < -0.4 is 4.90 Å². The highest BCUT2D eigenvalue weighted by molar-refractivity contribution is 5.88. The maximum atomic E-state index is 10.9. The first-order chi connectivity index (χ1) is 8.49. The minimum absolute atomic E-state index is 0.284. The fourth-order valence-corrected chi connectivity index (χ4v) is 2.54. The van der Waals surface area contributed by atoms with Crippen LogP contribution in [-0.2, 0) is 0 Å². The standard InChI is InChI=1S/C14H19NO3/c1-9-7-11(14(17)18)3-4-13(9)15-6-5-12(8-15)10(2)16/h3-4,7,10,12,16H,5-6,8H2,1-2H3,(H,17,18). The lowest BCUT2D eigenvalue weighted by atomic mass is 10.0. The number of carbonyl (C=O) groups is 1. The lowest BCUT2D eigenvalue weighted by Gasteiger charge is -2.22. The Bertz CT molecular complexity index is 456. The van der Waals surface area contributed by atoms with E-state index in [9.17, 15) is 9.90 Å². The summed E-state index contributed by atoms with van der Waals surface area (Å²) in [6.07, 6.45) is 0.700. The molecule has 0 aliphatic carbocycles. The number of anilines is 1. The number of aliphatic hydroxyl groups is 1. The SMILES string of the molecule is Cc1cc(C(=O)O)ccc1N1CCC(C(C)O)C1. The molecule has 98 valence electrons. The fourth-order valence-electron chi connectivity index (χ4n) is 2.54. The number of aryl methyl sites for hydroxylation is 1. The van der Waals surface area contributed by atoms with E-state index in [2.05, 4.69) is 4.90 Å². The van der Waals surface area contributed by atoms with E-state index in [1.165, 1.54) is 0 Å². The third-order valence-corrected chi connectivity index (χ3v) is 3.69. The molecular formula is C14H19NO3. The molecule has 1 aliphatic heterocycles. The smallest absolute Gasteiger partial charge is 0.335 e. The molecule has 1 aliphatic rings. The van der Waals surface area contributed by atoms with Crippen molar-refractivity contribution in [2.75, 3.05) is 18.0 Å². The van der Waals surface area contributed by atoms with Crippen molar-refractivity contribution in [3.05, 3.63) is 29.3 Å². The van der Waals surface area contributed by atoms with Gasteiger partial charge in [0, 0.05) is 24.7 Å². The Hall–Kier alpha value is -1.55. The van der Waals surface area contributed by atoms with E-state index in [4.69, 9.17) is 5.11 Å². The van der Waals surface area contributed by atoms with Gasteiger partial charge in [-0.3, -0.25) is 0 Å². The highest BCUT2D eigenvalue weighted by atomic mass is 16.4. The molecule has 1 fully saturated rings. The average molecular weight is 249 g/mol. The number of benzene rings is 1. The minimum atomic E-state index is -0.895. The van der Waals surface area contributed by atoms with Gasteiger partial charge in [-0.15, -0.1) is 0 Å². The van der Waals surface area contributed by atoms with Crippen LogP contribution in [-0.4, -0.2) is 35.4 Å². The van der Waals surface area contributed by atoms with Gasteiger partial charge in [-0.05, 0) is 44.0 Å². The van der Waals surface area contributed by atoms with E-state index in [-0.39, 0.29) is 6.10 Å². The zero-order valence-corrected chi connectivity index (χ0v) is 10.8. The minimum Gasteiger partial charge on any atom is -0.478 e. The summed E-state index contributed by atoms with van der Waals surface area (Å²) < 4.78 is 0. The van der Waals surface area contributed by atoms with Crippen molar-refractivity contribution in [1.29, 1.82) is 0 Å². The maximum absolute atomic E-state index is 10.9. The normalized spacial score (nSPS) is 21.1. The Morgan fingerprint density at radius 2 is 2.22 bits per heavy atom. The maximum Gasteiger partial charge on any atom is 0.335 e. The second kappa shape index (κ2) is 4.98. The molecule has 0 radical (unpaired) electrons. The van der Waals surface area contributed by atoms with E-state index < -0.39 is 5.97 Å². The Morgan fingerprint density at radius 3 is 2.72 bits per heavy atom. The van der Waals surface area contributed by atoms with Gasteiger partial charge in [-0.2, -0.15) is 0 Å². The van der Waals surface area contributed by atoms with E-state index in [0.717, 1.165) is 30.8 Å². The van der Waals surface area contributed by atoms with Crippen LogP contribution in [0.5, 0.6) is 0 Å². The van der Waals surface area contributed by atoms with Gasteiger partial charge >= 0.3 is 5.97 Å². The van der Waals surface area contributed by atoms with E-state index >= 15 is 0 Å². The molecule has 1 aromatic rings. The number of hydrogen-bond acceptors (Lipinski definition) is 3. The molecule has 0 amide bonds. The van der Waals surface area contributed by atoms with Gasteiger partial charge in [0.1, 0.15) is 0 Å². The van der Waals surface area contributed by atoms with Crippen LogP contribution in [0.4, 0.5) is 5.69 Å². The van der Waals surface area contributed by atoms with E-state index in [1.54, 1.807) is 12.1 Å². The van der Waals surface area contributed by atoms with Gasteiger partial charge in [0.15, 0.2) is 0 Å². The van der Waals surface area contributed by atoms with Gasteiger partial charge in [0.2, 0.25) is 0 Å². The predicted molar refractivity (Wildman–Crippen MR) is 70.1 cm³/mol. The molecule has 0 bridgehead atoms. The number of carboxylic acid groups (broad SMARTS) is 1. The Labute approximate surface area is 107 Å². The lowest BCUT2D eigenvalue weighted by Crippen LogP contribution is -2.24. The molecule has 0 saturated carbocycles. The van der Waals surface area contributed by atoms with Crippen LogP contribution in [0.3, 0.4) is 0 Å². The molecule has 1 heterocycles. The van der Waals surface area contributed by atoms with Crippen molar-refractivity contribution in [3.8, 4) is 0 Å². The quantitative estimate of drug-likeness (QED) is 0.859. The first-order valence-corrected chi connectivity index (χ1v) is 6.26. The van der Waals surface area contributed by atoms with Crippen LogP contribution in [0, 0.1) is 12.8 Å². The molecule has 4 nitrogen and oxygen atoms in total. The molecule has 1 aromatic carbocycles. The number of carboxylic acids is 1. The second-order valence-electron chi connectivity index (χ2n) is 5.04. The lowest BCUT2D eigenvalue weighted by molar-refractivity contribution is 0.0697. The Morgan fingerprint density at radius 1 is 1.50 bits per heavy atom. The molecule has 0 spiro atoms. The van der Waals surface area contributed by atoms with Crippen LogP contribution in [0.15, 0.2) is 18.2 Å². The summed E-state index contributed by atoms with van der Waals surface area (Å²) in [6, 6.07) is 5.21. The second-order valence-corrected chi connectivity index (χ2v) is 5.04. The molecule has 2 atom stereocenters. The number of rotatable bonds is 3. The summed E-state index contributed by atoms with van der Waals surface area (Å²) >= 11 is 0. The van der Waals surface area contributed by atoms with Gasteiger partial charge in [-0.1, -0.05) is 0 Å². The molecular weight excluding hydrogens is 230 g/mol. The monoisotopic (exact) mass is 249 g/mol. The highest BCUT2D eigenvalue weighted by Gasteiger charge is 2.26. The fraction of sp³-hybridized carbons (Fsp3) is 0.500. The van der Waals surface area contributed by atoms with Crippen molar-refractivity contribution in [2.24, 2.45) is 5.92 Å². The summed E-state index contributed by atoms with van der Waals surface area (Å²) in [4.78, 5) is 13.1. The summed E-state index contributed by atoms with van der Waals surface area (Å²) in [6.45, 7) is 5.51. The van der Waals surface area contributed by atoms with Crippen LogP contribution in [0.25, 0.3) is 0 Å².